The van der Waals surface area contributed by atoms with Crippen molar-refractivity contribution in [3.05, 3.63) is 82.7 Å². The molecule has 1 unspecified atom stereocenters. The molecule has 40 heavy (non-hydrogen) atoms. The van der Waals surface area contributed by atoms with Crippen molar-refractivity contribution < 1.29 is 48.7 Å². The Hall–Kier alpha value is -3.57. The zero-order valence-electron chi connectivity index (χ0n) is 21.2. The molecule has 1 atom stereocenters. The van der Waals surface area contributed by atoms with Crippen LogP contribution in [0.1, 0.15) is 55.4 Å². The molecule has 0 aliphatic rings. The minimum Gasteiger partial charge on any atom is -0.355 e. The number of anilines is 2. The topological polar surface area (TPSA) is 29.1 Å². The van der Waals surface area contributed by atoms with E-state index in [9.17, 15) is 48.7 Å². The first-order valence-corrected chi connectivity index (χ1v) is 11.8. The Balaban J connectivity index is 2.28. The van der Waals surface area contributed by atoms with E-state index in [0.29, 0.717) is 6.07 Å². The van der Waals surface area contributed by atoms with E-state index < -0.39 is 52.6 Å². The molecule has 3 rings (SSSR count). The number of rotatable bonds is 7. The van der Waals surface area contributed by atoms with Gasteiger partial charge in [-0.15, -0.1) is 0 Å². The van der Waals surface area contributed by atoms with E-state index in [1.165, 1.54) is 19.1 Å². The monoisotopic (exact) mass is 579 g/mol. The second kappa shape index (κ2) is 11.1. The van der Waals surface area contributed by atoms with Crippen LogP contribution in [0.5, 0.6) is 0 Å². The van der Waals surface area contributed by atoms with Crippen LogP contribution < -0.4 is 5.32 Å². The van der Waals surface area contributed by atoms with Crippen molar-refractivity contribution in [2.24, 2.45) is 5.92 Å². The van der Waals surface area contributed by atoms with E-state index in [-0.39, 0.29) is 64.8 Å². The summed E-state index contributed by atoms with van der Waals surface area (Å²) in [6.45, 7) is 4.84. The van der Waals surface area contributed by atoms with Crippen LogP contribution >= 0.6 is 0 Å². The van der Waals surface area contributed by atoms with Crippen LogP contribution in [0, 0.1) is 11.7 Å². The number of carbonyl (C=O) groups excluding carboxylic acids is 1. The molecule has 0 saturated heterocycles. The zero-order chi connectivity index (χ0) is 30.2. The fourth-order valence-corrected chi connectivity index (χ4v) is 4.25. The molecule has 216 valence electrons. The summed E-state index contributed by atoms with van der Waals surface area (Å²) >= 11 is 0. The summed E-state index contributed by atoms with van der Waals surface area (Å²) in [4.78, 5) is 12.5. The Morgan fingerprint density at radius 1 is 0.750 bits per heavy atom. The average Bonchev–Trinajstić information content (AvgIpc) is 2.79. The highest BCUT2D eigenvalue weighted by atomic mass is 19.4. The Bertz CT molecular complexity index is 1390. The van der Waals surface area contributed by atoms with Gasteiger partial charge in [0.15, 0.2) is 0 Å². The van der Waals surface area contributed by atoms with E-state index >= 15 is 0 Å². The summed E-state index contributed by atoms with van der Waals surface area (Å²) in [7, 11) is 0. The summed E-state index contributed by atoms with van der Waals surface area (Å²) in [5.74, 6) is -2.51. The minimum absolute atomic E-state index is 0.0553. The molecule has 3 aromatic rings. The Labute approximate surface area is 223 Å². The lowest BCUT2D eigenvalue weighted by atomic mass is 9.85. The third kappa shape index (κ3) is 7.54. The molecule has 12 heteroatoms. The second-order valence-electron chi connectivity index (χ2n) is 9.74. The molecule has 3 aromatic carbocycles. The predicted octanol–water partition coefficient (Wildman–Crippen LogP) is 10.0. The minimum atomic E-state index is -5.06. The van der Waals surface area contributed by atoms with Crippen LogP contribution in [-0.2, 0) is 23.3 Å². The number of halogens is 10. The molecule has 0 aliphatic carbocycles. The van der Waals surface area contributed by atoms with E-state index in [0.717, 1.165) is 12.1 Å². The van der Waals surface area contributed by atoms with Crippen LogP contribution in [0.15, 0.2) is 54.6 Å². The molecule has 1 N–H and O–H groups in total. The van der Waals surface area contributed by atoms with E-state index in [2.05, 4.69) is 5.32 Å². The van der Waals surface area contributed by atoms with Crippen LogP contribution in [0.3, 0.4) is 0 Å². The van der Waals surface area contributed by atoms with Gasteiger partial charge in [-0.3, -0.25) is 4.79 Å². The summed E-state index contributed by atoms with van der Waals surface area (Å²) < 4.78 is 135. The fourth-order valence-electron chi connectivity index (χ4n) is 4.25. The maximum atomic E-state index is 14.2. The van der Waals surface area contributed by atoms with Crippen LogP contribution in [-0.4, -0.2) is 5.78 Å². The number of carbonyl (C=O) groups is 1. The Kier molecular flexibility index (Phi) is 8.62. The second-order valence-corrected chi connectivity index (χ2v) is 9.74. The van der Waals surface area contributed by atoms with Crippen molar-refractivity contribution in [1.82, 2.24) is 0 Å². The highest BCUT2D eigenvalue weighted by Gasteiger charge is 2.37. The summed E-state index contributed by atoms with van der Waals surface area (Å²) in [5, 5.41) is 2.30. The summed E-state index contributed by atoms with van der Waals surface area (Å²) in [5.41, 5.74) is -5.56. The van der Waals surface area contributed by atoms with E-state index in [1.807, 2.05) is 0 Å². The van der Waals surface area contributed by atoms with Gasteiger partial charge in [0.1, 0.15) is 11.6 Å². The third-order valence-electron chi connectivity index (χ3n) is 6.05. The number of hydrogen-bond acceptors (Lipinski definition) is 2. The van der Waals surface area contributed by atoms with Gasteiger partial charge in [-0.05, 0) is 84.5 Å². The number of benzene rings is 3. The highest BCUT2D eigenvalue weighted by Crippen LogP contribution is 2.42. The summed E-state index contributed by atoms with van der Waals surface area (Å²) in [6.07, 6.45) is -14.7. The van der Waals surface area contributed by atoms with Gasteiger partial charge in [0, 0.05) is 11.6 Å². The zero-order valence-corrected chi connectivity index (χ0v) is 21.2. The third-order valence-corrected chi connectivity index (χ3v) is 6.05. The van der Waals surface area contributed by atoms with Crippen molar-refractivity contribution in [3.8, 4) is 11.1 Å². The smallest absolute Gasteiger partial charge is 0.355 e. The molecule has 0 saturated carbocycles. The molecular weight excluding hydrogens is 556 g/mol. The number of nitrogens with one attached hydrogen (secondary N) is 1. The van der Waals surface area contributed by atoms with Crippen molar-refractivity contribution >= 4 is 17.2 Å². The molecule has 0 amide bonds. The molecule has 0 aliphatic heterocycles. The number of alkyl halides is 9. The normalized spacial score (nSPS) is 13.4. The molecule has 0 fully saturated rings. The lowest BCUT2D eigenvalue weighted by Crippen LogP contribution is -2.14. The lowest BCUT2D eigenvalue weighted by Gasteiger charge is -2.21. The van der Waals surface area contributed by atoms with Gasteiger partial charge in [0.05, 0.1) is 22.4 Å². The number of ketones is 1. The largest absolute Gasteiger partial charge is 0.418 e. The fraction of sp³-hybridized carbons (Fsp3) is 0.321. The molecule has 0 aromatic heterocycles. The Morgan fingerprint density at radius 2 is 1.35 bits per heavy atom. The molecular formula is C28H23F10NO. The first-order valence-electron chi connectivity index (χ1n) is 11.8. The lowest BCUT2D eigenvalue weighted by molar-refractivity contribution is -0.140. The first kappa shape index (κ1) is 31.0. The molecule has 2 nitrogen and oxygen atoms in total. The standard InChI is InChI=1S/C28H23F10NO/c1-14(2)6-23(15(3)40)18-7-16(17-8-20(27(33,34)35)12-21(29)9-17)10-22(11-18)39-25-13-19(26(30,31)32)4-5-24(25)28(36,37)38/h4-5,7-14,23,39H,6H2,1-3H3. The van der Waals surface area contributed by atoms with E-state index in [1.54, 1.807) is 13.8 Å². The average molecular weight is 579 g/mol. The molecule has 0 spiro atoms. The molecule has 0 bridgehead atoms. The first-order chi connectivity index (χ1) is 18.3. The quantitative estimate of drug-likeness (QED) is 0.282. The van der Waals surface area contributed by atoms with Crippen LogP contribution in [0.2, 0.25) is 0 Å². The van der Waals surface area contributed by atoms with Crippen molar-refractivity contribution in [2.45, 2.75) is 51.6 Å². The van der Waals surface area contributed by atoms with Gasteiger partial charge < -0.3 is 5.32 Å². The van der Waals surface area contributed by atoms with Gasteiger partial charge in [-0.1, -0.05) is 19.9 Å². The van der Waals surface area contributed by atoms with Gasteiger partial charge in [0.2, 0.25) is 0 Å². The van der Waals surface area contributed by atoms with Crippen LogP contribution in [0.25, 0.3) is 11.1 Å². The molecule has 0 heterocycles. The number of Topliss-reactive ketones (excluding diaryl/α,β-unsaturated/α-hetero) is 1. The van der Waals surface area contributed by atoms with Gasteiger partial charge >= 0.3 is 18.5 Å². The number of hydrogen-bond donors (Lipinski definition) is 1. The van der Waals surface area contributed by atoms with Crippen molar-refractivity contribution in [1.29, 1.82) is 0 Å². The molecule has 0 radical (unpaired) electrons. The summed E-state index contributed by atoms with van der Waals surface area (Å²) in [6, 6.07) is 6.08. The van der Waals surface area contributed by atoms with Gasteiger partial charge in [0.25, 0.3) is 0 Å². The Morgan fingerprint density at radius 3 is 1.88 bits per heavy atom. The highest BCUT2D eigenvalue weighted by molar-refractivity contribution is 5.85. The van der Waals surface area contributed by atoms with Crippen molar-refractivity contribution in [2.75, 3.05) is 5.32 Å². The maximum Gasteiger partial charge on any atom is 0.418 e. The van der Waals surface area contributed by atoms with Crippen LogP contribution in [0.4, 0.5) is 55.3 Å². The van der Waals surface area contributed by atoms with Gasteiger partial charge in [-0.25, -0.2) is 4.39 Å². The maximum absolute atomic E-state index is 14.2. The van der Waals surface area contributed by atoms with Crippen molar-refractivity contribution in [3.63, 3.8) is 0 Å². The predicted molar refractivity (Wildman–Crippen MR) is 129 cm³/mol. The SMILES string of the molecule is CC(=O)C(CC(C)C)c1cc(Nc2cc(C(F)(F)F)ccc2C(F)(F)F)cc(-c2cc(F)cc(C(F)(F)F)c2)c1. The van der Waals surface area contributed by atoms with Gasteiger partial charge in [-0.2, -0.15) is 39.5 Å². The van der Waals surface area contributed by atoms with E-state index in [4.69, 9.17) is 0 Å².